The number of hydrogen-bond acceptors (Lipinski definition) is 6. The van der Waals surface area contributed by atoms with Crippen molar-refractivity contribution in [2.24, 2.45) is 0 Å². The van der Waals surface area contributed by atoms with Crippen molar-refractivity contribution in [2.75, 3.05) is 19.5 Å². The number of hydrogen-bond donors (Lipinski definition) is 2. The first-order valence-corrected chi connectivity index (χ1v) is 8.51. The number of para-hydroxylation sites is 1. The highest BCUT2D eigenvalue weighted by atomic mass is 16.5. The van der Waals surface area contributed by atoms with E-state index in [1.54, 1.807) is 27.3 Å². The van der Waals surface area contributed by atoms with E-state index in [1.807, 2.05) is 37.3 Å². The molecule has 7 nitrogen and oxygen atoms in total. The van der Waals surface area contributed by atoms with Gasteiger partial charge in [-0.15, -0.1) is 0 Å². The Morgan fingerprint density at radius 3 is 2.56 bits per heavy atom. The molecule has 140 valence electrons. The van der Waals surface area contributed by atoms with Gasteiger partial charge in [-0.3, -0.25) is 4.79 Å². The highest BCUT2D eigenvalue weighted by Crippen LogP contribution is 2.31. The number of aromatic nitrogens is 3. The van der Waals surface area contributed by atoms with Gasteiger partial charge in [0.1, 0.15) is 11.6 Å². The molecule has 0 saturated heterocycles. The predicted octanol–water partition coefficient (Wildman–Crippen LogP) is 3.08. The number of nitrogens with zero attached hydrogens (tertiary/aromatic N) is 2. The number of anilines is 1. The lowest BCUT2D eigenvalue weighted by Crippen LogP contribution is -2.14. The minimum absolute atomic E-state index is 0.134. The Balaban J connectivity index is 1.77. The van der Waals surface area contributed by atoms with Crippen molar-refractivity contribution in [1.29, 1.82) is 0 Å². The highest BCUT2D eigenvalue weighted by Gasteiger charge is 2.10. The van der Waals surface area contributed by atoms with Crippen molar-refractivity contribution < 1.29 is 9.47 Å². The molecule has 0 atom stereocenters. The van der Waals surface area contributed by atoms with E-state index in [0.717, 1.165) is 11.1 Å². The van der Waals surface area contributed by atoms with Crippen molar-refractivity contribution in [3.05, 3.63) is 63.7 Å². The molecule has 7 heteroatoms. The monoisotopic (exact) mass is 366 g/mol. The quantitative estimate of drug-likeness (QED) is 0.697. The van der Waals surface area contributed by atoms with Crippen LogP contribution in [0.25, 0.3) is 11.4 Å². The van der Waals surface area contributed by atoms with Crippen LogP contribution < -0.4 is 20.3 Å². The zero-order chi connectivity index (χ0) is 19.4. The maximum absolute atomic E-state index is 11.9. The molecule has 0 unspecified atom stereocenters. The number of methoxy groups -OCH3 is 2. The first-order chi connectivity index (χ1) is 13.0. The summed E-state index contributed by atoms with van der Waals surface area (Å²) in [7, 11) is 3.23. The lowest BCUT2D eigenvalue weighted by Gasteiger charge is -2.13. The van der Waals surface area contributed by atoms with Gasteiger partial charge in [0, 0.05) is 35.1 Å². The molecule has 2 N–H and O–H groups in total. The summed E-state index contributed by atoms with van der Waals surface area (Å²) in [6.45, 7) is 4.10. The summed E-state index contributed by atoms with van der Waals surface area (Å²) in [4.78, 5) is 23.5. The molecule has 27 heavy (non-hydrogen) atoms. The van der Waals surface area contributed by atoms with Gasteiger partial charge in [0.15, 0.2) is 11.5 Å². The molecule has 0 aliphatic heterocycles. The Bertz CT molecular complexity index is 997. The van der Waals surface area contributed by atoms with Crippen LogP contribution in [0.5, 0.6) is 11.5 Å². The molecule has 0 spiro atoms. The maximum atomic E-state index is 11.9. The number of H-pyrrole nitrogens is 1. The summed E-state index contributed by atoms with van der Waals surface area (Å²) in [5.41, 5.74) is 2.91. The third-order valence-corrected chi connectivity index (χ3v) is 4.38. The average molecular weight is 366 g/mol. The standard InChI is InChI=1S/C20H22N4O3/c1-12-13(2)23-19(24-20(12)25)15-8-9-17(22-11-15)21-10-14-6-5-7-16(26-3)18(14)27-4/h5-9,11H,10H2,1-4H3,(H,21,22)(H,23,24,25). The van der Waals surface area contributed by atoms with Crippen LogP contribution in [0.15, 0.2) is 41.3 Å². The second-order valence-corrected chi connectivity index (χ2v) is 6.06. The molecule has 1 aromatic carbocycles. The Hall–Kier alpha value is -3.35. The van der Waals surface area contributed by atoms with E-state index in [-0.39, 0.29) is 5.56 Å². The summed E-state index contributed by atoms with van der Waals surface area (Å²) >= 11 is 0. The second-order valence-electron chi connectivity index (χ2n) is 6.06. The van der Waals surface area contributed by atoms with E-state index in [1.165, 1.54) is 0 Å². The summed E-state index contributed by atoms with van der Waals surface area (Å²) in [5.74, 6) is 2.59. The third-order valence-electron chi connectivity index (χ3n) is 4.38. The van der Waals surface area contributed by atoms with Crippen LogP contribution >= 0.6 is 0 Å². The molecule has 0 aliphatic rings. The Morgan fingerprint density at radius 2 is 1.93 bits per heavy atom. The van der Waals surface area contributed by atoms with Crippen molar-refractivity contribution in [3.63, 3.8) is 0 Å². The van der Waals surface area contributed by atoms with E-state index in [9.17, 15) is 4.79 Å². The topological polar surface area (TPSA) is 89.1 Å². The lowest BCUT2D eigenvalue weighted by molar-refractivity contribution is 0.352. The van der Waals surface area contributed by atoms with Gasteiger partial charge in [0.05, 0.1) is 14.2 Å². The Labute approximate surface area is 157 Å². The lowest BCUT2D eigenvalue weighted by atomic mass is 10.2. The SMILES string of the molecule is COc1cccc(CNc2ccc(-c3nc(C)c(C)c(=O)[nH]3)cn2)c1OC. The van der Waals surface area contributed by atoms with Gasteiger partial charge in [-0.2, -0.15) is 0 Å². The fourth-order valence-electron chi connectivity index (χ4n) is 2.70. The first-order valence-electron chi connectivity index (χ1n) is 8.51. The maximum Gasteiger partial charge on any atom is 0.254 e. The molecule has 0 fully saturated rings. The molecule has 3 aromatic rings. The zero-order valence-electron chi connectivity index (χ0n) is 15.8. The van der Waals surface area contributed by atoms with Crippen LogP contribution in [0.2, 0.25) is 0 Å². The number of ether oxygens (including phenoxy) is 2. The highest BCUT2D eigenvalue weighted by molar-refractivity contribution is 5.56. The van der Waals surface area contributed by atoms with Gasteiger partial charge in [-0.1, -0.05) is 12.1 Å². The smallest absolute Gasteiger partial charge is 0.254 e. The number of nitrogens with one attached hydrogen (secondary N) is 2. The van der Waals surface area contributed by atoms with E-state index < -0.39 is 0 Å². The Kier molecular flexibility index (Phi) is 5.40. The molecule has 0 aliphatic carbocycles. The minimum atomic E-state index is -0.134. The van der Waals surface area contributed by atoms with Gasteiger partial charge >= 0.3 is 0 Å². The molecular formula is C20H22N4O3. The van der Waals surface area contributed by atoms with Gasteiger partial charge in [-0.25, -0.2) is 9.97 Å². The number of benzene rings is 1. The van der Waals surface area contributed by atoms with Crippen LogP contribution in [0, 0.1) is 13.8 Å². The third kappa shape index (κ3) is 3.92. The van der Waals surface area contributed by atoms with Crippen LogP contribution in [-0.2, 0) is 6.54 Å². The number of aryl methyl sites for hydroxylation is 1. The van der Waals surface area contributed by atoms with E-state index >= 15 is 0 Å². The van der Waals surface area contributed by atoms with E-state index in [0.29, 0.717) is 40.9 Å². The fraction of sp³-hybridized carbons (Fsp3) is 0.250. The summed E-state index contributed by atoms with van der Waals surface area (Å²) < 4.78 is 10.8. The van der Waals surface area contributed by atoms with Gasteiger partial charge in [-0.05, 0) is 32.0 Å². The largest absolute Gasteiger partial charge is 0.493 e. The average Bonchev–Trinajstić information content (AvgIpc) is 2.70. The summed E-state index contributed by atoms with van der Waals surface area (Å²) in [6, 6.07) is 9.44. The molecule has 3 rings (SSSR count). The number of rotatable bonds is 6. The van der Waals surface area contributed by atoms with Crippen LogP contribution in [0.4, 0.5) is 5.82 Å². The molecule has 0 amide bonds. The molecule has 2 heterocycles. The van der Waals surface area contributed by atoms with Crippen molar-refractivity contribution in [1.82, 2.24) is 15.0 Å². The van der Waals surface area contributed by atoms with E-state index in [4.69, 9.17) is 9.47 Å². The van der Waals surface area contributed by atoms with E-state index in [2.05, 4.69) is 20.3 Å². The molecule has 0 saturated carbocycles. The first kappa shape index (κ1) is 18.4. The van der Waals surface area contributed by atoms with Crippen LogP contribution in [0.3, 0.4) is 0 Å². The number of aromatic amines is 1. The van der Waals surface area contributed by atoms with Crippen molar-refractivity contribution in [3.8, 4) is 22.9 Å². The van der Waals surface area contributed by atoms with Crippen molar-refractivity contribution >= 4 is 5.82 Å². The summed E-state index contributed by atoms with van der Waals surface area (Å²) in [6.07, 6.45) is 1.68. The zero-order valence-corrected chi connectivity index (χ0v) is 15.8. The van der Waals surface area contributed by atoms with Crippen molar-refractivity contribution in [2.45, 2.75) is 20.4 Å². The normalized spacial score (nSPS) is 10.5. The van der Waals surface area contributed by atoms with Crippen LogP contribution in [-0.4, -0.2) is 29.2 Å². The predicted molar refractivity (Wildman–Crippen MR) is 104 cm³/mol. The van der Waals surface area contributed by atoms with Gasteiger partial charge in [0.25, 0.3) is 5.56 Å². The second kappa shape index (κ2) is 7.90. The molecule has 0 radical (unpaired) electrons. The fourth-order valence-corrected chi connectivity index (χ4v) is 2.70. The molecular weight excluding hydrogens is 344 g/mol. The minimum Gasteiger partial charge on any atom is -0.493 e. The number of pyridine rings is 1. The summed E-state index contributed by atoms with van der Waals surface area (Å²) in [5, 5.41) is 3.26. The molecule has 2 aromatic heterocycles. The van der Waals surface area contributed by atoms with Crippen LogP contribution in [0.1, 0.15) is 16.8 Å². The Morgan fingerprint density at radius 1 is 1.11 bits per heavy atom. The molecule has 0 bridgehead atoms. The van der Waals surface area contributed by atoms with Gasteiger partial charge < -0.3 is 19.8 Å². The van der Waals surface area contributed by atoms with Gasteiger partial charge in [0.2, 0.25) is 0 Å².